The molecule has 2 heterocycles. The van der Waals surface area contributed by atoms with Gasteiger partial charge in [0.15, 0.2) is 6.10 Å². The molecular formula is C8H10N4O5. The lowest BCUT2D eigenvalue weighted by Gasteiger charge is -2.12. The zero-order valence-electron chi connectivity index (χ0n) is 8.55. The van der Waals surface area contributed by atoms with Gasteiger partial charge in [-0.25, -0.2) is 14.6 Å². The van der Waals surface area contributed by atoms with Gasteiger partial charge in [0.1, 0.15) is 12.6 Å². The Balaban J connectivity index is 2.26. The molecule has 1 aromatic rings. The highest BCUT2D eigenvalue weighted by atomic mass is 16.6. The third-order valence-corrected chi connectivity index (χ3v) is 2.40. The van der Waals surface area contributed by atoms with Crippen molar-refractivity contribution in [2.45, 2.75) is 24.9 Å². The van der Waals surface area contributed by atoms with Crippen molar-refractivity contribution in [3.63, 3.8) is 0 Å². The molecule has 0 unspecified atom stereocenters. The SMILES string of the molecule is Nc1ncn([C@H]2C[C@H](O)[C@@H](C(=O)O)O2)c(=O)n1. The van der Waals surface area contributed by atoms with Gasteiger partial charge < -0.3 is 20.7 Å². The molecule has 1 aliphatic heterocycles. The number of rotatable bonds is 2. The van der Waals surface area contributed by atoms with E-state index in [0.29, 0.717) is 0 Å². The average molecular weight is 242 g/mol. The van der Waals surface area contributed by atoms with Crippen LogP contribution in [0.1, 0.15) is 12.6 Å². The number of aromatic nitrogens is 3. The van der Waals surface area contributed by atoms with Crippen molar-refractivity contribution < 1.29 is 19.7 Å². The molecule has 17 heavy (non-hydrogen) atoms. The van der Waals surface area contributed by atoms with Gasteiger partial charge in [-0.2, -0.15) is 4.98 Å². The summed E-state index contributed by atoms with van der Waals surface area (Å²) >= 11 is 0. The van der Waals surface area contributed by atoms with Crippen molar-refractivity contribution in [2.75, 3.05) is 5.73 Å². The van der Waals surface area contributed by atoms with Crippen LogP contribution < -0.4 is 11.4 Å². The first-order chi connectivity index (χ1) is 7.99. The lowest BCUT2D eigenvalue weighted by atomic mass is 10.2. The van der Waals surface area contributed by atoms with Crippen LogP contribution in [0.15, 0.2) is 11.1 Å². The molecule has 0 amide bonds. The molecule has 0 bridgehead atoms. The van der Waals surface area contributed by atoms with Crippen molar-refractivity contribution >= 4 is 11.9 Å². The van der Waals surface area contributed by atoms with Gasteiger partial charge in [0.25, 0.3) is 0 Å². The number of hydrogen-bond donors (Lipinski definition) is 3. The fourth-order valence-corrected chi connectivity index (χ4v) is 1.60. The van der Waals surface area contributed by atoms with Crippen molar-refractivity contribution in [1.29, 1.82) is 0 Å². The van der Waals surface area contributed by atoms with Crippen molar-refractivity contribution in [3.05, 3.63) is 16.8 Å². The fraction of sp³-hybridized carbons (Fsp3) is 0.500. The molecule has 0 spiro atoms. The van der Waals surface area contributed by atoms with E-state index in [0.717, 1.165) is 10.9 Å². The highest BCUT2D eigenvalue weighted by molar-refractivity contribution is 5.73. The Hall–Kier alpha value is -2.00. The molecule has 3 atom stereocenters. The number of aliphatic hydroxyl groups excluding tert-OH is 1. The highest BCUT2D eigenvalue weighted by Crippen LogP contribution is 2.27. The predicted octanol–water partition coefficient (Wildman–Crippen LogP) is -2.05. The zero-order chi connectivity index (χ0) is 12.6. The second kappa shape index (κ2) is 4.11. The fourth-order valence-electron chi connectivity index (χ4n) is 1.60. The van der Waals surface area contributed by atoms with Crippen molar-refractivity contribution in [1.82, 2.24) is 14.5 Å². The van der Waals surface area contributed by atoms with Crippen molar-refractivity contribution in [3.8, 4) is 0 Å². The number of anilines is 1. The first kappa shape index (κ1) is 11.5. The number of nitrogens with two attached hydrogens (primary N) is 1. The van der Waals surface area contributed by atoms with Gasteiger partial charge in [-0.3, -0.25) is 4.57 Å². The largest absolute Gasteiger partial charge is 0.479 e. The van der Waals surface area contributed by atoms with E-state index in [4.69, 9.17) is 15.6 Å². The van der Waals surface area contributed by atoms with E-state index in [9.17, 15) is 14.7 Å². The highest BCUT2D eigenvalue weighted by Gasteiger charge is 2.40. The summed E-state index contributed by atoms with van der Waals surface area (Å²) in [5.41, 5.74) is 4.50. The van der Waals surface area contributed by atoms with Crippen LogP contribution in [0.25, 0.3) is 0 Å². The van der Waals surface area contributed by atoms with E-state index >= 15 is 0 Å². The maximum atomic E-state index is 11.4. The Labute approximate surface area is 94.5 Å². The zero-order valence-corrected chi connectivity index (χ0v) is 8.55. The summed E-state index contributed by atoms with van der Waals surface area (Å²) in [6.07, 6.45) is -2.36. The number of carboxylic acids is 1. The normalized spacial score (nSPS) is 28.2. The molecule has 0 aromatic carbocycles. The quantitative estimate of drug-likeness (QED) is 0.538. The monoisotopic (exact) mass is 242 g/mol. The molecule has 0 radical (unpaired) electrons. The van der Waals surface area contributed by atoms with Crippen LogP contribution in [-0.4, -0.2) is 42.9 Å². The number of carbonyl (C=O) groups is 1. The van der Waals surface area contributed by atoms with Crippen LogP contribution in [0, 0.1) is 0 Å². The Morgan fingerprint density at radius 1 is 1.65 bits per heavy atom. The Bertz CT molecular complexity index is 501. The maximum Gasteiger partial charge on any atom is 0.354 e. The molecule has 1 saturated heterocycles. The first-order valence-corrected chi connectivity index (χ1v) is 4.76. The predicted molar refractivity (Wildman–Crippen MR) is 52.9 cm³/mol. The Morgan fingerprint density at radius 2 is 2.35 bits per heavy atom. The summed E-state index contributed by atoms with van der Waals surface area (Å²) in [5, 5.41) is 18.2. The third kappa shape index (κ3) is 2.10. The lowest BCUT2D eigenvalue weighted by molar-refractivity contribution is -0.155. The lowest BCUT2D eigenvalue weighted by Crippen LogP contribution is -2.31. The number of nitrogen functional groups attached to an aromatic ring is 1. The summed E-state index contributed by atoms with van der Waals surface area (Å²) in [6.45, 7) is 0. The topological polar surface area (TPSA) is 141 Å². The van der Waals surface area contributed by atoms with E-state index in [-0.39, 0.29) is 12.4 Å². The molecular weight excluding hydrogens is 232 g/mol. The molecule has 1 aromatic heterocycles. The molecule has 2 rings (SSSR count). The summed E-state index contributed by atoms with van der Waals surface area (Å²) in [5.74, 6) is -1.47. The van der Waals surface area contributed by atoms with Crippen LogP contribution >= 0.6 is 0 Å². The number of aliphatic hydroxyl groups is 1. The van der Waals surface area contributed by atoms with Crippen molar-refractivity contribution in [2.24, 2.45) is 0 Å². The second-order valence-corrected chi connectivity index (χ2v) is 3.56. The van der Waals surface area contributed by atoms with Crippen LogP contribution in [0.3, 0.4) is 0 Å². The van der Waals surface area contributed by atoms with Gasteiger partial charge >= 0.3 is 11.7 Å². The van der Waals surface area contributed by atoms with Crippen LogP contribution in [0.5, 0.6) is 0 Å². The maximum absolute atomic E-state index is 11.4. The minimum absolute atomic E-state index is 0.0237. The molecule has 0 saturated carbocycles. The van der Waals surface area contributed by atoms with E-state index < -0.39 is 30.1 Å². The minimum atomic E-state index is -1.36. The number of carboxylic acid groups (broad SMARTS) is 1. The van der Waals surface area contributed by atoms with Gasteiger partial charge in [0.2, 0.25) is 5.95 Å². The molecule has 0 aliphatic carbocycles. The van der Waals surface area contributed by atoms with E-state index in [1.807, 2.05) is 0 Å². The Kier molecular flexibility index (Phi) is 2.77. The second-order valence-electron chi connectivity index (χ2n) is 3.56. The summed E-state index contributed by atoms with van der Waals surface area (Å²) in [7, 11) is 0. The molecule has 92 valence electrons. The summed E-state index contributed by atoms with van der Waals surface area (Å²) in [6, 6.07) is 0. The van der Waals surface area contributed by atoms with Gasteiger partial charge in [0.05, 0.1) is 6.10 Å². The smallest absolute Gasteiger partial charge is 0.354 e. The standard InChI is InChI=1S/C8H10N4O5/c9-7-10-2-12(8(16)11-7)4-1-3(13)5(17-4)6(14)15/h2-5,13H,1H2,(H,14,15)(H2,9,11,16)/t3-,4+,5-/m0/s1. The summed E-state index contributed by atoms with van der Waals surface area (Å²) < 4.78 is 6.02. The molecule has 9 nitrogen and oxygen atoms in total. The van der Waals surface area contributed by atoms with E-state index in [1.54, 1.807) is 0 Å². The summed E-state index contributed by atoms with van der Waals surface area (Å²) in [4.78, 5) is 29.1. The first-order valence-electron chi connectivity index (χ1n) is 4.76. The molecule has 1 fully saturated rings. The van der Waals surface area contributed by atoms with Crippen LogP contribution in [-0.2, 0) is 9.53 Å². The van der Waals surface area contributed by atoms with Crippen LogP contribution in [0.4, 0.5) is 5.95 Å². The number of aliphatic carboxylic acids is 1. The van der Waals surface area contributed by atoms with E-state index in [1.165, 1.54) is 0 Å². The van der Waals surface area contributed by atoms with Gasteiger partial charge in [-0.15, -0.1) is 0 Å². The van der Waals surface area contributed by atoms with Gasteiger partial charge in [-0.05, 0) is 0 Å². The van der Waals surface area contributed by atoms with Gasteiger partial charge in [0, 0.05) is 6.42 Å². The molecule has 9 heteroatoms. The minimum Gasteiger partial charge on any atom is -0.479 e. The number of ether oxygens (including phenoxy) is 1. The van der Waals surface area contributed by atoms with E-state index in [2.05, 4.69) is 9.97 Å². The number of nitrogens with zero attached hydrogens (tertiary/aromatic N) is 3. The van der Waals surface area contributed by atoms with Crippen LogP contribution in [0.2, 0.25) is 0 Å². The molecule has 1 aliphatic rings. The number of hydrogen-bond acceptors (Lipinski definition) is 7. The average Bonchev–Trinajstić information content (AvgIpc) is 2.60. The Morgan fingerprint density at radius 3 is 2.88 bits per heavy atom. The van der Waals surface area contributed by atoms with Gasteiger partial charge in [-0.1, -0.05) is 0 Å². The molecule has 4 N–H and O–H groups in total. The third-order valence-electron chi connectivity index (χ3n) is 2.40.